The van der Waals surface area contributed by atoms with E-state index in [9.17, 15) is 0 Å². The average molecular weight is 724 g/mol. The zero-order chi connectivity index (χ0) is 35.4. The van der Waals surface area contributed by atoms with Crippen LogP contribution in [-0.4, -0.2) is 0 Å². The molecule has 0 saturated carbocycles. The lowest BCUT2D eigenvalue weighted by Crippen LogP contribution is -2.43. The summed E-state index contributed by atoms with van der Waals surface area (Å²) in [6.07, 6.45) is 0. The van der Waals surface area contributed by atoms with Crippen molar-refractivity contribution in [1.82, 2.24) is 0 Å². The van der Waals surface area contributed by atoms with Gasteiger partial charge in [0.1, 0.15) is 0 Å². The van der Waals surface area contributed by atoms with Crippen LogP contribution < -0.4 is 20.8 Å². The van der Waals surface area contributed by atoms with Gasteiger partial charge in [0.15, 0.2) is 0 Å². The molecule has 1 atom stereocenters. The maximum atomic E-state index is 6.94. The van der Waals surface area contributed by atoms with E-state index in [2.05, 4.69) is 190 Å². The van der Waals surface area contributed by atoms with Gasteiger partial charge in [-0.15, -0.1) is 0 Å². The molecule has 0 bridgehead atoms. The van der Waals surface area contributed by atoms with Gasteiger partial charge >= 0.3 is 0 Å². The van der Waals surface area contributed by atoms with Gasteiger partial charge in [0.2, 0.25) is 0 Å². The van der Waals surface area contributed by atoms with Gasteiger partial charge < -0.3 is 4.90 Å². The van der Waals surface area contributed by atoms with Crippen molar-refractivity contribution in [2.24, 2.45) is 0 Å². The van der Waals surface area contributed by atoms with Gasteiger partial charge in [0, 0.05) is 26.9 Å². The number of hydrogen-bond donors (Lipinski definition) is 0. The van der Waals surface area contributed by atoms with E-state index >= 15 is 0 Å². The fourth-order valence-electron chi connectivity index (χ4n) is 9.32. The van der Waals surface area contributed by atoms with Crippen LogP contribution in [0.2, 0.25) is 0 Å². The van der Waals surface area contributed by atoms with E-state index in [1.165, 1.54) is 81.6 Å². The molecule has 0 N–H and O–H groups in total. The summed E-state index contributed by atoms with van der Waals surface area (Å²) in [5, 5.41) is 3.86. The average Bonchev–Trinajstić information content (AvgIpc) is 3.17. The molecule has 1 unspecified atom stereocenters. The molecule has 10 rings (SSSR count). The van der Waals surface area contributed by atoms with Crippen molar-refractivity contribution >= 4 is 62.6 Å². The zero-order valence-corrected chi connectivity index (χ0v) is 32.2. The number of hydrogen-bond acceptors (Lipinski definition) is 3. The first-order chi connectivity index (χ1) is 25.2. The molecular formula is C48H38NPS2. The first-order valence-corrected chi connectivity index (χ1v) is 21.7. The van der Waals surface area contributed by atoms with Crippen molar-refractivity contribution in [3.05, 3.63) is 202 Å². The largest absolute Gasteiger partial charge is 0.310 e. The maximum absolute atomic E-state index is 6.94. The molecule has 7 aromatic rings. The highest BCUT2D eigenvalue weighted by Crippen LogP contribution is 2.63. The van der Waals surface area contributed by atoms with Crippen molar-refractivity contribution in [2.75, 3.05) is 4.90 Å². The van der Waals surface area contributed by atoms with E-state index in [1.54, 1.807) is 0 Å². The van der Waals surface area contributed by atoms with Gasteiger partial charge in [-0.05, 0) is 99.5 Å². The SMILES string of the molecule is Cc1ccc2c(c1)C1(c3ccccc3Sc3ccccc31)c1cc(C)ccc1N2c1ccc2c(c1)C(C)(C)c1ccccc1P2(=S)c1ccccc1. The summed E-state index contributed by atoms with van der Waals surface area (Å²) in [5.41, 5.74) is 13.4. The maximum Gasteiger partial charge on any atom is 0.0764 e. The van der Waals surface area contributed by atoms with Crippen LogP contribution in [0.3, 0.4) is 0 Å². The van der Waals surface area contributed by atoms with Crippen LogP contribution >= 0.6 is 17.8 Å². The lowest BCUT2D eigenvalue weighted by atomic mass is 9.61. The summed E-state index contributed by atoms with van der Waals surface area (Å²) in [7, 11) is 0. The Morgan fingerprint density at radius 2 is 1.02 bits per heavy atom. The van der Waals surface area contributed by atoms with E-state index in [-0.39, 0.29) is 5.41 Å². The van der Waals surface area contributed by atoms with E-state index in [0.29, 0.717) is 0 Å². The number of rotatable bonds is 2. The number of nitrogens with zero attached hydrogens (tertiary/aromatic N) is 1. The second kappa shape index (κ2) is 11.4. The fourth-order valence-corrected chi connectivity index (χ4v) is 15.2. The third-order valence-electron chi connectivity index (χ3n) is 11.7. The predicted octanol–water partition coefficient (Wildman–Crippen LogP) is 11.3. The Labute approximate surface area is 316 Å². The highest BCUT2D eigenvalue weighted by atomic mass is 32.4. The number of fused-ring (bicyclic) bond motifs is 10. The van der Waals surface area contributed by atoms with E-state index in [1.807, 2.05) is 11.8 Å². The molecule has 0 amide bonds. The van der Waals surface area contributed by atoms with Crippen LogP contribution in [0.5, 0.6) is 0 Å². The van der Waals surface area contributed by atoms with Crippen molar-refractivity contribution in [1.29, 1.82) is 0 Å². The van der Waals surface area contributed by atoms with Crippen LogP contribution in [0.25, 0.3) is 0 Å². The fraction of sp³-hybridized carbons (Fsp3) is 0.125. The predicted molar refractivity (Wildman–Crippen MR) is 225 cm³/mol. The van der Waals surface area contributed by atoms with Gasteiger partial charge in [-0.3, -0.25) is 0 Å². The Kier molecular flexibility index (Phi) is 7.03. The van der Waals surface area contributed by atoms with E-state index in [4.69, 9.17) is 11.8 Å². The standard InChI is InChI=1S/C48H38NPS2/c1-31-22-25-41-38(28-31)48(36-17-9-12-20-45(36)52-46-21-13-10-18-37(46)48)39-29-32(2)23-26-42(39)49(41)33-24-27-44-40(30-33)47(3,4)35-16-8-11-19-43(35)50(44,51)34-14-6-5-7-15-34/h5-30H,1-4H3. The summed E-state index contributed by atoms with van der Waals surface area (Å²) in [5.74, 6) is 0. The van der Waals surface area contributed by atoms with Crippen LogP contribution in [-0.2, 0) is 22.6 Å². The van der Waals surface area contributed by atoms with Crippen LogP contribution in [0.15, 0.2) is 168 Å². The monoisotopic (exact) mass is 723 g/mol. The minimum absolute atomic E-state index is 0.235. The first-order valence-electron chi connectivity index (χ1n) is 18.0. The molecule has 0 aliphatic carbocycles. The number of anilines is 3. The van der Waals surface area contributed by atoms with Gasteiger partial charge in [-0.1, -0.05) is 170 Å². The summed E-state index contributed by atoms with van der Waals surface area (Å²) < 4.78 is 0. The minimum Gasteiger partial charge on any atom is -0.310 e. The molecule has 4 heteroatoms. The van der Waals surface area contributed by atoms with Crippen molar-refractivity contribution < 1.29 is 0 Å². The molecule has 0 saturated heterocycles. The molecule has 7 aromatic carbocycles. The number of aryl methyl sites for hydroxylation is 2. The second-order valence-electron chi connectivity index (χ2n) is 15.0. The van der Waals surface area contributed by atoms with Crippen molar-refractivity contribution in [3.8, 4) is 0 Å². The highest BCUT2D eigenvalue weighted by Gasteiger charge is 2.51. The Balaban J connectivity index is 1.28. The normalized spacial score (nSPS) is 18.3. The van der Waals surface area contributed by atoms with Crippen LogP contribution in [0.1, 0.15) is 58.4 Å². The third kappa shape index (κ3) is 4.22. The smallest absolute Gasteiger partial charge is 0.0764 e. The van der Waals surface area contributed by atoms with Crippen molar-refractivity contribution in [3.63, 3.8) is 0 Å². The summed E-state index contributed by atoms with van der Waals surface area (Å²) in [6.45, 7) is 9.22. The quantitative estimate of drug-likeness (QED) is 0.164. The van der Waals surface area contributed by atoms with Gasteiger partial charge in [-0.2, -0.15) is 0 Å². The molecule has 0 aromatic heterocycles. The van der Waals surface area contributed by atoms with Gasteiger partial charge in [-0.25, -0.2) is 0 Å². The number of benzene rings is 7. The zero-order valence-electron chi connectivity index (χ0n) is 29.7. The van der Waals surface area contributed by atoms with Crippen LogP contribution in [0.4, 0.5) is 17.1 Å². The Morgan fingerprint density at radius 1 is 0.500 bits per heavy atom. The van der Waals surface area contributed by atoms with Gasteiger partial charge in [0.05, 0.1) is 16.8 Å². The topological polar surface area (TPSA) is 3.24 Å². The second-order valence-corrected chi connectivity index (χ2v) is 20.4. The summed E-state index contributed by atoms with van der Waals surface area (Å²) in [4.78, 5) is 5.16. The third-order valence-corrected chi connectivity index (χ3v) is 17.8. The molecule has 3 aliphatic rings. The highest BCUT2D eigenvalue weighted by molar-refractivity contribution is 8.25. The summed E-state index contributed by atoms with van der Waals surface area (Å²) >= 11 is 8.83. The molecule has 1 nitrogen and oxygen atoms in total. The van der Waals surface area contributed by atoms with E-state index < -0.39 is 11.5 Å². The molecule has 0 fully saturated rings. The molecule has 0 radical (unpaired) electrons. The Morgan fingerprint density at radius 3 is 1.63 bits per heavy atom. The lowest BCUT2D eigenvalue weighted by Gasteiger charge is -2.49. The van der Waals surface area contributed by atoms with Crippen LogP contribution in [0, 0.1) is 13.8 Å². The Hall–Kier alpha value is -4.66. The molecule has 1 spiro atoms. The molecule has 3 aliphatic heterocycles. The van der Waals surface area contributed by atoms with E-state index in [0.717, 1.165) is 5.69 Å². The van der Waals surface area contributed by atoms with Gasteiger partial charge in [0.25, 0.3) is 0 Å². The Bertz CT molecular complexity index is 2560. The first kappa shape index (κ1) is 32.0. The molecule has 52 heavy (non-hydrogen) atoms. The molecular weight excluding hydrogens is 686 g/mol. The summed E-state index contributed by atoms with van der Waals surface area (Å²) in [6, 6.07) is 57.0. The van der Waals surface area contributed by atoms with Crippen molar-refractivity contribution in [2.45, 2.75) is 48.3 Å². The lowest BCUT2D eigenvalue weighted by molar-refractivity contribution is 0.647. The molecule has 3 heterocycles. The minimum atomic E-state index is -2.32. The molecule has 252 valence electrons.